The summed E-state index contributed by atoms with van der Waals surface area (Å²) in [7, 11) is 0. The topological polar surface area (TPSA) is 45.5 Å². The van der Waals surface area contributed by atoms with Crippen LogP contribution in [0.2, 0.25) is 0 Å². The highest BCUT2D eigenvalue weighted by molar-refractivity contribution is 5.42. The lowest BCUT2D eigenvalue weighted by molar-refractivity contribution is -0.0686. The second kappa shape index (κ2) is 7.28. The van der Waals surface area contributed by atoms with E-state index in [1.165, 1.54) is 0 Å². The fourth-order valence-electron chi connectivity index (χ4n) is 2.62. The molecular weight excluding hydrogens is 252 g/mol. The summed E-state index contributed by atoms with van der Waals surface area (Å²) < 4.78 is 11.4. The van der Waals surface area contributed by atoms with Crippen molar-refractivity contribution in [3.63, 3.8) is 0 Å². The third-order valence-electron chi connectivity index (χ3n) is 3.38. The second-order valence-electron chi connectivity index (χ2n) is 5.33. The lowest BCUT2D eigenvalue weighted by atomic mass is 10.2. The Morgan fingerprint density at radius 1 is 1.30 bits per heavy atom. The first-order valence-electron chi connectivity index (χ1n) is 7.19. The molecule has 1 aliphatic heterocycles. The van der Waals surface area contributed by atoms with Gasteiger partial charge in [-0.25, -0.2) is 0 Å². The molecule has 0 spiro atoms. The minimum Gasteiger partial charge on any atom is -0.492 e. The highest BCUT2D eigenvalue weighted by Gasteiger charge is 2.21. The summed E-state index contributed by atoms with van der Waals surface area (Å²) in [5.74, 6) is 0.679. The van der Waals surface area contributed by atoms with Crippen LogP contribution in [0.1, 0.15) is 25.8 Å². The van der Waals surface area contributed by atoms with Gasteiger partial charge in [0.05, 0.1) is 24.4 Å². The number of para-hydroxylation sites is 1. The molecule has 1 aromatic carbocycles. The van der Waals surface area contributed by atoms with Crippen LogP contribution in [0.5, 0.6) is 5.75 Å². The summed E-state index contributed by atoms with van der Waals surface area (Å²) in [4.78, 5) is 2.42. The summed E-state index contributed by atoms with van der Waals surface area (Å²) in [6.45, 7) is 7.84. The van der Waals surface area contributed by atoms with Crippen LogP contribution in [-0.4, -0.2) is 43.3 Å². The Hall–Kier alpha value is -1.57. The van der Waals surface area contributed by atoms with Crippen molar-refractivity contribution in [1.82, 2.24) is 4.90 Å². The van der Waals surface area contributed by atoms with Crippen molar-refractivity contribution >= 4 is 0 Å². The molecule has 1 fully saturated rings. The molecule has 0 bridgehead atoms. The zero-order valence-electron chi connectivity index (χ0n) is 12.2. The van der Waals surface area contributed by atoms with Gasteiger partial charge < -0.3 is 9.47 Å². The van der Waals surface area contributed by atoms with Gasteiger partial charge >= 0.3 is 0 Å². The molecule has 4 nitrogen and oxygen atoms in total. The van der Waals surface area contributed by atoms with Gasteiger partial charge in [-0.1, -0.05) is 12.1 Å². The third-order valence-corrected chi connectivity index (χ3v) is 3.38. The summed E-state index contributed by atoms with van der Waals surface area (Å²) in [6, 6.07) is 9.51. The largest absolute Gasteiger partial charge is 0.492 e. The Bertz CT molecular complexity index is 460. The van der Waals surface area contributed by atoms with E-state index in [1.807, 2.05) is 18.2 Å². The number of nitriles is 1. The van der Waals surface area contributed by atoms with Crippen LogP contribution in [0, 0.1) is 11.3 Å². The molecule has 1 aliphatic rings. The zero-order valence-corrected chi connectivity index (χ0v) is 12.2. The van der Waals surface area contributed by atoms with Crippen LogP contribution in [0.4, 0.5) is 0 Å². The molecule has 0 amide bonds. The molecule has 0 N–H and O–H groups in total. The minimum absolute atomic E-state index is 0.305. The summed E-state index contributed by atoms with van der Waals surface area (Å²) >= 11 is 0. The SMILES string of the molecule is CC1CN(CCCOc2ccccc2C#N)CC(C)O1. The normalized spacial score (nSPS) is 23.2. The van der Waals surface area contributed by atoms with E-state index in [-0.39, 0.29) is 0 Å². The number of ether oxygens (including phenoxy) is 2. The maximum absolute atomic E-state index is 8.99. The molecule has 0 radical (unpaired) electrons. The molecule has 20 heavy (non-hydrogen) atoms. The minimum atomic E-state index is 0.305. The standard InChI is InChI=1S/C16H22N2O2/c1-13-11-18(12-14(2)20-13)8-5-9-19-16-7-4-3-6-15(16)10-17/h3-4,6-7,13-14H,5,8-9,11-12H2,1-2H3. The molecule has 108 valence electrons. The van der Waals surface area contributed by atoms with Gasteiger partial charge in [0, 0.05) is 19.6 Å². The molecule has 4 heteroatoms. The van der Waals surface area contributed by atoms with Crippen molar-refractivity contribution < 1.29 is 9.47 Å². The zero-order chi connectivity index (χ0) is 14.4. The Morgan fingerprint density at radius 3 is 2.70 bits per heavy atom. The molecule has 0 aliphatic carbocycles. The van der Waals surface area contributed by atoms with Crippen molar-refractivity contribution in [2.75, 3.05) is 26.2 Å². The van der Waals surface area contributed by atoms with Gasteiger partial charge in [-0.3, -0.25) is 4.90 Å². The summed E-state index contributed by atoms with van der Waals surface area (Å²) in [5, 5.41) is 8.99. The average Bonchev–Trinajstić information content (AvgIpc) is 2.43. The van der Waals surface area contributed by atoms with E-state index in [2.05, 4.69) is 24.8 Å². The Kier molecular flexibility index (Phi) is 5.40. The lowest BCUT2D eigenvalue weighted by Gasteiger charge is -2.35. The van der Waals surface area contributed by atoms with Gasteiger partial charge in [-0.15, -0.1) is 0 Å². The van der Waals surface area contributed by atoms with Gasteiger partial charge in [0.15, 0.2) is 0 Å². The predicted octanol–water partition coefficient (Wildman–Crippen LogP) is 2.44. The summed E-state index contributed by atoms with van der Waals surface area (Å²) in [5.41, 5.74) is 0.598. The van der Waals surface area contributed by atoms with Gasteiger partial charge in [-0.05, 0) is 32.4 Å². The van der Waals surface area contributed by atoms with Gasteiger partial charge in [0.1, 0.15) is 11.8 Å². The fraction of sp³-hybridized carbons (Fsp3) is 0.562. The maximum atomic E-state index is 8.99. The fourth-order valence-corrected chi connectivity index (χ4v) is 2.62. The van der Waals surface area contributed by atoms with Gasteiger partial charge in [-0.2, -0.15) is 5.26 Å². The maximum Gasteiger partial charge on any atom is 0.137 e. The predicted molar refractivity (Wildman–Crippen MR) is 77.7 cm³/mol. The molecule has 1 heterocycles. The van der Waals surface area contributed by atoms with Crippen LogP contribution in [0.15, 0.2) is 24.3 Å². The van der Waals surface area contributed by atoms with Crippen LogP contribution in [0.25, 0.3) is 0 Å². The molecule has 2 unspecified atom stereocenters. The molecular formula is C16H22N2O2. The molecule has 1 aromatic rings. The number of hydrogen-bond donors (Lipinski definition) is 0. The van der Waals surface area contributed by atoms with Crippen LogP contribution in [0.3, 0.4) is 0 Å². The van der Waals surface area contributed by atoms with E-state index in [0.29, 0.717) is 30.1 Å². The molecule has 2 rings (SSSR count). The quantitative estimate of drug-likeness (QED) is 0.774. The smallest absolute Gasteiger partial charge is 0.137 e. The molecule has 0 saturated carbocycles. The molecule has 0 aromatic heterocycles. The number of morpholine rings is 1. The Balaban J connectivity index is 1.73. The second-order valence-corrected chi connectivity index (χ2v) is 5.33. The first-order valence-corrected chi connectivity index (χ1v) is 7.19. The number of rotatable bonds is 5. The third kappa shape index (κ3) is 4.22. The lowest BCUT2D eigenvalue weighted by Crippen LogP contribution is -2.45. The highest BCUT2D eigenvalue weighted by atomic mass is 16.5. The molecule has 1 saturated heterocycles. The van der Waals surface area contributed by atoms with Crippen LogP contribution >= 0.6 is 0 Å². The Morgan fingerprint density at radius 2 is 2.00 bits per heavy atom. The monoisotopic (exact) mass is 274 g/mol. The Labute approximate surface area is 120 Å². The van der Waals surface area contributed by atoms with E-state index in [1.54, 1.807) is 6.07 Å². The van der Waals surface area contributed by atoms with Crippen molar-refractivity contribution in [2.45, 2.75) is 32.5 Å². The number of nitrogens with zero attached hydrogens (tertiary/aromatic N) is 2. The van der Waals surface area contributed by atoms with Crippen molar-refractivity contribution in [3.05, 3.63) is 29.8 Å². The highest BCUT2D eigenvalue weighted by Crippen LogP contribution is 2.17. The van der Waals surface area contributed by atoms with E-state index in [9.17, 15) is 0 Å². The van der Waals surface area contributed by atoms with Crippen LogP contribution < -0.4 is 4.74 Å². The summed E-state index contributed by atoms with van der Waals surface area (Å²) in [6.07, 6.45) is 1.57. The average molecular weight is 274 g/mol. The van der Waals surface area contributed by atoms with Gasteiger partial charge in [0.2, 0.25) is 0 Å². The first kappa shape index (κ1) is 14.8. The number of benzene rings is 1. The van der Waals surface area contributed by atoms with Gasteiger partial charge in [0.25, 0.3) is 0 Å². The molecule has 2 atom stereocenters. The van der Waals surface area contributed by atoms with Crippen molar-refractivity contribution in [3.8, 4) is 11.8 Å². The van der Waals surface area contributed by atoms with Crippen molar-refractivity contribution in [1.29, 1.82) is 5.26 Å². The van der Waals surface area contributed by atoms with E-state index in [0.717, 1.165) is 26.1 Å². The first-order chi connectivity index (χ1) is 9.69. The number of hydrogen-bond acceptors (Lipinski definition) is 4. The van der Waals surface area contributed by atoms with Crippen molar-refractivity contribution in [2.24, 2.45) is 0 Å². The van der Waals surface area contributed by atoms with E-state index in [4.69, 9.17) is 14.7 Å². The van der Waals surface area contributed by atoms with Crippen LogP contribution in [-0.2, 0) is 4.74 Å². The van der Waals surface area contributed by atoms with E-state index >= 15 is 0 Å². The van der Waals surface area contributed by atoms with E-state index < -0.39 is 0 Å².